The molecule has 1 aromatic heterocycles. The maximum absolute atomic E-state index is 13.0. The molecule has 2 aliphatic heterocycles. The van der Waals surface area contributed by atoms with E-state index in [0.717, 1.165) is 41.6 Å². The van der Waals surface area contributed by atoms with Gasteiger partial charge in [0.05, 0.1) is 12.1 Å². The van der Waals surface area contributed by atoms with Crippen LogP contribution in [0.1, 0.15) is 52.0 Å². The number of nitrogens with zero attached hydrogens (tertiary/aromatic N) is 3. The van der Waals surface area contributed by atoms with Crippen LogP contribution in [0.2, 0.25) is 0 Å². The monoisotopic (exact) mass is 408 g/mol. The Kier molecular flexibility index (Phi) is 5.90. The molecule has 1 aliphatic carbocycles. The Morgan fingerprint density at radius 2 is 2.10 bits per heavy atom. The van der Waals surface area contributed by atoms with Crippen molar-refractivity contribution in [3.8, 4) is 0 Å². The first-order valence-corrected chi connectivity index (χ1v) is 10.9. The van der Waals surface area contributed by atoms with E-state index in [9.17, 15) is 4.79 Å². The number of hydrogen-bond acceptors (Lipinski definition) is 5. The third kappa shape index (κ3) is 4.73. The SMILES string of the molecule is CC(C)(C)C1CCC(NC(=O)C2=C3NC(=NCc4cccnc4)C=CN3NC2)CC1. The molecule has 0 atom stereocenters. The summed E-state index contributed by atoms with van der Waals surface area (Å²) in [6, 6.07) is 4.16. The molecular weight excluding hydrogens is 376 g/mol. The number of pyridine rings is 1. The summed E-state index contributed by atoms with van der Waals surface area (Å²) in [6.07, 6.45) is 11.8. The lowest BCUT2D eigenvalue weighted by atomic mass is 9.71. The Bertz CT molecular complexity index is 859. The van der Waals surface area contributed by atoms with E-state index in [1.807, 2.05) is 35.6 Å². The molecule has 1 aromatic rings. The molecular formula is C23H32N6O. The Balaban J connectivity index is 1.38. The first-order chi connectivity index (χ1) is 14.4. The van der Waals surface area contributed by atoms with Gasteiger partial charge in [0.15, 0.2) is 0 Å². The second kappa shape index (κ2) is 8.60. The number of fused-ring (bicyclic) bond motifs is 1. The van der Waals surface area contributed by atoms with Crippen LogP contribution in [0.5, 0.6) is 0 Å². The van der Waals surface area contributed by atoms with Crippen molar-refractivity contribution in [3.63, 3.8) is 0 Å². The number of hydrogen-bond donors (Lipinski definition) is 3. The molecule has 3 N–H and O–H groups in total. The minimum atomic E-state index is 0.00798. The predicted octanol–water partition coefficient (Wildman–Crippen LogP) is 2.85. The number of nitrogens with one attached hydrogen (secondary N) is 3. The minimum Gasteiger partial charge on any atom is -0.349 e. The topological polar surface area (TPSA) is 81.6 Å². The molecule has 1 fully saturated rings. The van der Waals surface area contributed by atoms with E-state index >= 15 is 0 Å². The van der Waals surface area contributed by atoms with Crippen LogP contribution in [0, 0.1) is 11.3 Å². The molecule has 0 radical (unpaired) electrons. The smallest absolute Gasteiger partial charge is 0.252 e. The fraction of sp³-hybridized carbons (Fsp3) is 0.522. The van der Waals surface area contributed by atoms with E-state index < -0.39 is 0 Å². The Morgan fingerprint density at radius 3 is 2.80 bits per heavy atom. The van der Waals surface area contributed by atoms with Gasteiger partial charge in [0.25, 0.3) is 5.91 Å². The van der Waals surface area contributed by atoms with Crippen LogP contribution in [-0.2, 0) is 11.3 Å². The molecule has 3 aliphatic rings. The largest absolute Gasteiger partial charge is 0.349 e. The number of aliphatic imine (C=N–C) groups is 1. The average Bonchev–Trinajstić information content (AvgIpc) is 3.16. The summed E-state index contributed by atoms with van der Waals surface area (Å²) in [4.78, 5) is 21.7. The average molecular weight is 409 g/mol. The van der Waals surface area contributed by atoms with Gasteiger partial charge in [-0.2, -0.15) is 0 Å². The highest BCUT2D eigenvalue weighted by Crippen LogP contribution is 2.37. The lowest BCUT2D eigenvalue weighted by Gasteiger charge is -2.37. The third-order valence-electron chi connectivity index (χ3n) is 6.30. The summed E-state index contributed by atoms with van der Waals surface area (Å²) in [5.74, 6) is 2.25. The molecule has 0 bridgehead atoms. The zero-order valence-corrected chi connectivity index (χ0v) is 18.1. The van der Waals surface area contributed by atoms with Crippen LogP contribution in [-0.4, -0.2) is 34.3 Å². The maximum Gasteiger partial charge on any atom is 0.252 e. The fourth-order valence-corrected chi connectivity index (χ4v) is 4.37. The van der Waals surface area contributed by atoms with Crippen LogP contribution in [0.4, 0.5) is 0 Å². The molecule has 7 heteroatoms. The molecule has 30 heavy (non-hydrogen) atoms. The first-order valence-electron chi connectivity index (χ1n) is 10.9. The molecule has 1 amide bonds. The van der Waals surface area contributed by atoms with Gasteiger partial charge >= 0.3 is 0 Å². The number of amidine groups is 1. The molecule has 0 aromatic carbocycles. The van der Waals surface area contributed by atoms with Crippen molar-refractivity contribution < 1.29 is 4.79 Å². The van der Waals surface area contributed by atoms with Crippen LogP contribution in [0.15, 0.2) is 53.2 Å². The molecule has 7 nitrogen and oxygen atoms in total. The van der Waals surface area contributed by atoms with Crippen LogP contribution >= 0.6 is 0 Å². The van der Waals surface area contributed by atoms with Gasteiger partial charge in [-0.1, -0.05) is 26.8 Å². The van der Waals surface area contributed by atoms with Gasteiger partial charge in [-0.3, -0.25) is 19.8 Å². The standard InChI is InChI=1S/C23H32N6O/c1-23(2,3)17-6-8-18(9-7-17)27-22(30)19-15-26-29-12-10-20(28-21(19)29)25-14-16-5-4-11-24-13-16/h4-5,10-13,17-18,26H,6-9,14-15H2,1-3H3,(H,25,28)(H,27,30). The zero-order valence-electron chi connectivity index (χ0n) is 18.1. The number of hydrazine groups is 1. The minimum absolute atomic E-state index is 0.00798. The highest BCUT2D eigenvalue weighted by atomic mass is 16.2. The van der Waals surface area contributed by atoms with Crippen LogP contribution in [0.25, 0.3) is 0 Å². The van der Waals surface area contributed by atoms with Crippen molar-refractivity contribution in [1.82, 2.24) is 26.1 Å². The summed E-state index contributed by atoms with van der Waals surface area (Å²) < 4.78 is 0. The second-order valence-electron chi connectivity index (χ2n) is 9.42. The predicted molar refractivity (Wildman–Crippen MR) is 118 cm³/mol. The fourth-order valence-electron chi connectivity index (χ4n) is 4.37. The van der Waals surface area contributed by atoms with E-state index in [0.29, 0.717) is 18.5 Å². The second-order valence-corrected chi connectivity index (χ2v) is 9.42. The van der Waals surface area contributed by atoms with Gasteiger partial charge in [0, 0.05) is 31.2 Å². The number of carbonyl (C=O) groups is 1. The van der Waals surface area contributed by atoms with Crippen molar-refractivity contribution in [2.45, 2.75) is 59.0 Å². The summed E-state index contributed by atoms with van der Waals surface area (Å²) in [5.41, 5.74) is 5.35. The molecule has 0 saturated heterocycles. The van der Waals surface area contributed by atoms with Crippen molar-refractivity contribution in [2.75, 3.05) is 6.54 Å². The number of carbonyl (C=O) groups excluding carboxylic acids is 1. The summed E-state index contributed by atoms with van der Waals surface area (Å²) in [7, 11) is 0. The molecule has 1 saturated carbocycles. The number of aromatic nitrogens is 1. The maximum atomic E-state index is 13.0. The molecule has 3 heterocycles. The van der Waals surface area contributed by atoms with Gasteiger partial charge in [-0.15, -0.1) is 0 Å². The van der Waals surface area contributed by atoms with E-state index in [-0.39, 0.29) is 11.9 Å². The zero-order chi connectivity index (χ0) is 21.1. The normalized spacial score (nSPS) is 25.3. The number of rotatable bonds is 4. The van der Waals surface area contributed by atoms with Gasteiger partial charge in [0.2, 0.25) is 0 Å². The van der Waals surface area contributed by atoms with E-state index in [1.54, 1.807) is 6.20 Å². The van der Waals surface area contributed by atoms with Crippen molar-refractivity contribution in [2.24, 2.45) is 16.3 Å². The van der Waals surface area contributed by atoms with Crippen molar-refractivity contribution >= 4 is 11.7 Å². The summed E-state index contributed by atoms with van der Waals surface area (Å²) in [6.45, 7) is 8.00. The van der Waals surface area contributed by atoms with Gasteiger partial charge < -0.3 is 10.6 Å². The first kappa shape index (κ1) is 20.6. The van der Waals surface area contributed by atoms with E-state index in [2.05, 4.69) is 46.8 Å². The molecule has 0 spiro atoms. The third-order valence-corrected chi connectivity index (χ3v) is 6.30. The van der Waals surface area contributed by atoms with Gasteiger partial charge in [0.1, 0.15) is 11.7 Å². The number of amides is 1. The van der Waals surface area contributed by atoms with E-state index in [4.69, 9.17) is 0 Å². The van der Waals surface area contributed by atoms with Crippen molar-refractivity contribution in [3.05, 3.63) is 53.8 Å². The highest BCUT2D eigenvalue weighted by Gasteiger charge is 2.33. The van der Waals surface area contributed by atoms with Crippen LogP contribution < -0.4 is 16.1 Å². The van der Waals surface area contributed by atoms with E-state index in [1.165, 1.54) is 12.8 Å². The Morgan fingerprint density at radius 1 is 1.30 bits per heavy atom. The summed E-state index contributed by atoms with van der Waals surface area (Å²) in [5, 5.41) is 8.42. The van der Waals surface area contributed by atoms with Gasteiger partial charge in [-0.05, 0) is 54.7 Å². The molecule has 0 unspecified atom stereocenters. The lowest BCUT2D eigenvalue weighted by Crippen LogP contribution is -2.41. The molecule has 160 valence electrons. The highest BCUT2D eigenvalue weighted by molar-refractivity contribution is 5.99. The van der Waals surface area contributed by atoms with Gasteiger partial charge in [-0.25, -0.2) is 5.43 Å². The Labute approximate surface area is 178 Å². The molecule has 4 rings (SSSR count). The van der Waals surface area contributed by atoms with Crippen LogP contribution in [0.3, 0.4) is 0 Å². The quantitative estimate of drug-likeness (QED) is 0.714. The Hall–Kier alpha value is -2.67. The lowest BCUT2D eigenvalue weighted by molar-refractivity contribution is -0.118. The van der Waals surface area contributed by atoms with Crippen molar-refractivity contribution in [1.29, 1.82) is 0 Å². The summed E-state index contributed by atoms with van der Waals surface area (Å²) >= 11 is 0.